The molecule has 0 radical (unpaired) electrons. The van der Waals surface area contributed by atoms with Crippen molar-refractivity contribution in [1.29, 1.82) is 0 Å². The fraction of sp³-hybridized carbons (Fsp3) is 0.368. The van der Waals surface area contributed by atoms with Crippen LogP contribution in [0.1, 0.15) is 41.7 Å². The van der Waals surface area contributed by atoms with Gasteiger partial charge in [0.25, 0.3) is 5.91 Å². The zero-order chi connectivity index (χ0) is 19.9. The molecule has 2 heterocycles. The summed E-state index contributed by atoms with van der Waals surface area (Å²) in [6.45, 7) is 2.16. The number of ether oxygens (including phenoxy) is 2. The lowest BCUT2D eigenvalue weighted by atomic mass is 10.2. The number of thiazole rings is 1. The van der Waals surface area contributed by atoms with E-state index in [-0.39, 0.29) is 5.91 Å². The molecule has 0 aliphatic rings. The Kier molecular flexibility index (Phi) is 6.94. The average molecular weight is 419 g/mol. The third-order valence-electron chi connectivity index (χ3n) is 4.05. The van der Waals surface area contributed by atoms with Crippen molar-refractivity contribution in [2.24, 2.45) is 0 Å². The fourth-order valence-corrected chi connectivity index (χ4v) is 4.25. The van der Waals surface area contributed by atoms with Crippen LogP contribution in [-0.4, -0.2) is 35.3 Å². The number of carbonyl (C=O) groups excluding carboxylic acids is 1. The molecule has 1 N–H and O–H groups in total. The lowest BCUT2D eigenvalue weighted by molar-refractivity contribution is 0.102. The third-order valence-corrected chi connectivity index (χ3v) is 5.83. The largest absolute Gasteiger partial charge is 0.493 e. The molecule has 0 aliphatic heterocycles. The summed E-state index contributed by atoms with van der Waals surface area (Å²) in [5.74, 6) is 0.901. The number of rotatable bonds is 9. The van der Waals surface area contributed by atoms with Gasteiger partial charge in [-0.15, -0.1) is 21.5 Å². The minimum atomic E-state index is -0.305. The number of hydrogen-bond donors (Lipinski definition) is 1. The molecule has 9 heteroatoms. The Labute approximate surface area is 171 Å². The number of aromatic nitrogens is 3. The number of nitrogens with zero attached hydrogens (tertiary/aromatic N) is 3. The van der Waals surface area contributed by atoms with E-state index < -0.39 is 0 Å². The summed E-state index contributed by atoms with van der Waals surface area (Å²) in [6.07, 6.45) is 4.29. The molecule has 0 aliphatic carbocycles. The van der Waals surface area contributed by atoms with Gasteiger partial charge in [-0.25, -0.2) is 4.98 Å². The van der Waals surface area contributed by atoms with Crippen LogP contribution in [0, 0.1) is 0 Å². The second kappa shape index (κ2) is 9.61. The number of carbonyl (C=O) groups is 1. The quantitative estimate of drug-likeness (QED) is 0.509. The molecule has 28 heavy (non-hydrogen) atoms. The van der Waals surface area contributed by atoms with Gasteiger partial charge in [0.1, 0.15) is 15.7 Å². The van der Waals surface area contributed by atoms with Crippen molar-refractivity contribution in [3.63, 3.8) is 0 Å². The van der Waals surface area contributed by atoms with Crippen LogP contribution in [0.5, 0.6) is 11.5 Å². The van der Waals surface area contributed by atoms with E-state index in [1.807, 2.05) is 18.2 Å². The van der Waals surface area contributed by atoms with Gasteiger partial charge in [-0.1, -0.05) is 37.2 Å². The van der Waals surface area contributed by atoms with Gasteiger partial charge in [0, 0.05) is 11.8 Å². The molecule has 0 spiro atoms. The van der Waals surface area contributed by atoms with Gasteiger partial charge in [0.15, 0.2) is 11.5 Å². The first-order valence-corrected chi connectivity index (χ1v) is 10.7. The molecule has 7 nitrogen and oxygen atoms in total. The summed E-state index contributed by atoms with van der Waals surface area (Å²) >= 11 is 2.77. The SMILES string of the molecule is CCCCCc1nnc(NC(=O)c2csc(-c3cccc(OC)c3OC)n2)s1. The predicted octanol–water partition coefficient (Wildman–Crippen LogP) is 4.66. The minimum Gasteiger partial charge on any atom is -0.493 e. The normalized spacial score (nSPS) is 10.7. The smallest absolute Gasteiger partial charge is 0.276 e. The van der Waals surface area contributed by atoms with E-state index in [0.29, 0.717) is 27.3 Å². The minimum absolute atomic E-state index is 0.305. The van der Waals surface area contributed by atoms with Crippen LogP contribution >= 0.6 is 22.7 Å². The monoisotopic (exact) mass is 418 g/mol. The van der Waals surface area contributed by atoms with Crippen molar-refractivity contribution in [2.75, 3.05) is 19.5 Å². The fourth-order valence-electron chi connectivity index (χ4n) is 2.65. The number of para-hydroxylation sites is 1. The summed E-state index contributed by atoms with van der Waals surface area (Å²) < 4.78 is 10.8. The number of amides is 1. The molecule has 0 fully saturated rings. The maximum Gasteiger partial charge on any atom is 0.276 e. The third kappa shape index (κ3) is 4.66. The Morgan fingerprint density at radius 1 is 1.18 bits per heavy atom. The van der Waals surface area contributed by atoms with Gasteiger partial charge in [-0.05, 0) is 18.6 Å². The molecule has 0 unspecified atom stereocenters. The predicted molar refractivity (Wildman–Crippen MR) is 112 cm³/mol. The second-order valence-electron chi connectivity index (χ2n) is 5.99. The lowest BCUT2D eigenvalue weighted by Crippen LogP contribution is -2.12. The molecule has 1 amide bonds. The average Bonchev–Trinajstić information content (AvgIpc) is 3.37. The maximum atomic E-state index is 12.5. The molecular formula is C19H22N4O3S2. The van der Waals surface area contributed by atoms with Crippen molar-refractivity contribution in [3.05, 3.63) is 34.3 Å². The highest BCUT2D eigenvalue weighted by molar-refractivity contribution is 7.15. The molecule has 0 atom stereocenters. The van der Waals surface area contributed by atoms with Crippen LogP contribution < -0.4 is 14.8 Å². The van der Waals surface area contributed by atoms with Crippen molar-refractivity contribution in [1.82, 2.24) is 15.2 Å². The van der Waals surface area contributed by atoms with Crippen LogP contribution in [0.15, 0.2) is 23.6 Å². The molecule has 1 aromatic carbocycles. The number of hydrogen-bond acceptors (Lipinski definition) is 8. The molecule has 3 aromatic rings. The Morgan fingerprint density at radius 3 is 2.79 bits per heavy atom. The van der Waals surface area contributed by atoms with E-state index in [1.54, 1.807) is 19.6 Å². The van der Waals surface area contributed by atoms with Gasteiger partial charge in [0.2, 0.25) is 5.13 Å². The van der Waals surface area contributed by atoms with Crippen LogP contribution in [0.4, 0.5) is 5.13 Å². The number of nitrogens with one attached hydrogen (secondary N) is 1. The van der Waals surface area contributed by atoms with Crippen molar-refractivity contribution >= 4 is 33.7 Å². The van der Waals surface area contributed by atoms with Gasteiger partial charge in [-0.2, -0.15) is 0 Å². The molecule has 148 valence electrons. The zero-order valence-electron chi connectivity index (χ0n) is 16.0. The van der Waals surface area contributed by atoms with Crippen LogP contribution in [-0.2, 0) is 6.42 Å². The molecule has 0 saturated heterocycles. The van der Waals surface area contributed by atoms with E-state index in [1.165, 1.54) is 22.7 Å². The summed E-state index contributed by atoms with van der Waals surface area (Å²) in [5.41, 5.74) is 1.10. The number of unbranched alkanes of at least 4 members (excludes halogenated alkanes) is 2. The number of anilines is 1. The maximum absolute atomic E-state index is 12.5. The summed E-state index contributed by atoms with van der Waals surface area (Å²) in [5, 5.41) is 14.8. The van der Waals surface area contributed by atoms with Crippen LogP contribution in [0.3, 0.4) is 0 Å². The summed E-state index contributed by atoms with van der Waals surface area (Å²) in [6, 6.07) is 5.56. The number of aryl methyl sites for hydroxylation is 1. The first kappa shape index (κ1) is 20.2. The highest BCUT2D eigenvalue weighted by Gasteiger charge is 2.18. The topological polar surface area (TPSA) is 86.2 Å². The molecule has 0 saturated carbocycles. The van der Waals surface area contributed by atoms with E-state index >= 15 is 0 Å². The van der Waals surface area contributed by atoms with E-state index in [9.17, 15) is 4.79 Å². The van der Waals surface area contributed by atoms with Crippen molar-refractivity contribution < 1.29 is 14.3 Å². The molecule has 3 rings (SSSR count). The van der Waals surface area contributed by atoms with Crippen molar-refractivity contribution in [3.8, 4) is 22.1 Å². The van der Waals surface area contributed by atoms with Gasteiger partial charge in [0.05, 0.1) is 19.8 Å². The number of methoxy groups -OCH3 is 2. The zero-order valence-corrected chi connectivity index (χ0v) is 17.7. The number of benzene rings is 1. The first-order valence-electron chi connectivity index (χ1n) is 8.96. The highest BCUT2D eigenvalue weighted by atomic mass is 32.1. The second-order valence-corrected chi connectivity index (χ2v) is 7.91. The Morgan fingerprint density at radius 2 is 2.04 bits per heavy atom. The van der Waals surface area contributed by atoms with Crippen LogP contribution in [0.25, 0.3) is 10.6 Å². The van der Waals surface area contributed by atoms with Gasteiger partial charge < -0.3 is 9.47 Å². The molecular weight excluding hydrogens is 396 g/mol. The lowest BCUT2D eigenvalue weighted by Gasteiger charge is -2.10. The summed E-state index contributed by atoms with van der Waals surface area (Å²) in [7, 11) is 3.16. The van der Waals surface area contributed by atoms with E-state index in [2.05, 4.69) is 27.4 Å². The molecule has 0 bridgehead atoms. The highest BCUT2D eigenvalue weighted by Crippen LogP contribution is 2.39. The summed E-state index contributed by atoms with van der Waals surface area (Å²) in [4.78, 5) is 17.0. The van der Waals surface area contributed by atoms with E-state index in [0.717, 1.165) is 36.3 Å². The van der Waals surface area contributed by atoms with Gasteiger partial charge in [-0.3, -0.25) is 10.1 Å². The Hall–Kier alpha value is -2.52. The van der Waals surface area contributed by atoms with Crippen LogP contribution in [0.2, 0.25) is 0 Å². The van der Waals surface area contributed by atoms with Crippen molar-refractivity contribution in [2.45, 2.75) is 32.6 Å². The van der Waals surface area contributed by atoms with E-state index in [4.69, 9.17) is 9.47 Å². The first-order chi connectivity index (χ1) is 13.7. The standard InChI is InChI=1S/C19H22N4O3S2/c1-4-5-6-10-15-22-23-19(28-15)21-17(24)13-11-27-18(20-13)12-8-7-9-14(25-2)16(12)26-3/h7-9,11H,4-6,10H2,1-3H3,(H,21,23,24). The Bertz CT molecular complexity index is 939. The Balaban J connectivity index is 1.71. The molecule has 2 aromatic heterocycles. The van der Waals surface area contributed by atoms with Gasteiger partial charge >= 0.3 is 0 Å².